The van der Waals surface area contributed by atoms with E-state index < -0.39 is 11.9 Å². The highest BCUT2D eigenvalue weighted by atomic mass is 16.5. The number of esters is 2. The molecule has 23 heavy (non-hydrogen) atoms. The van der Waals surface area contributed by atoms with Crippen LogP contribution >= 0.6 is 0 Å². The molecule has 0 radical (unpaired) electrons. The molecular formula is C16H25NO6. The third kappa shape index (κ3) is 9.07. The lowest BCUT2D eigenvalue weighted by Crippen LogP contribution is -2.41. The third-order valence-corrected chi connectivity index (χ3v) is 3.43. The maximum absolute atomic E-state index is 11.5. The summed E-state index contributed by atoms with van der Waals surface area (Å²) in [6, 6.07) is 0. The van der Waals surface area contributed by atoms with Crippen LogP contribution in [0.15, 0.2) is 0 Å². The summed E-state index contributed by atoms with van der Waals surface area (Å²) in [5.41, 5.74) is 0. The Labute approximate surface area is 136 Å². The molecule has 0 aromatic heterocycles. The van der Waals surface area contributed by atoms with Crippen molar-refractivity contribution >= 4 is 23.5 Å². The van der Waals surface area contributed by atoms with Gasteiger partial charge < -0.3 is 9.47 Å². The minimum atomic E-state index is -0.493. The summed E-state index contributed by atoms with van der Waals surface area (Å²) >= 11 is 0. The van der Waals surface area contributed by atoms with Crippen LogP contribution in [0, 0.1) is 0 Å². The van der Waals surface area contributed by atoms with E-state index in [9.17, 15) is 19.2 Å². The quantitative estimate of drug-likeness (QED) is 0.353. The molecule has 0 aliphatic carbocycles. The zero-order valence-electron chi connectivity index (χ0n) is 13.8. The fraction of sp³-hybridized carbons (Fsp3) is 0.750. The van der Waals surface area contributed by atoms with E-state index in [1.807, 2.05) is 0 Å². The Morgan fingerprint density at radius 1 is 1.04 bits per heavy atom. The SMILES string of the molecule is CC(=O)CC(=O)OCCCN1CCCC(OC(=O)CC(C)=O)C1. The number of Topliss-reactive ketones (excluding diaryl/α,β-unsaturated/α-hetero) is 2. The van der Waals surface area contributed by atoms with Crippen LogP contribution < -0.4 is 0 Å². The molecule has 0 aromatic rings. The van der Waals surface area contributed by atoms with Crippen molar-refractivity contribution in [3.05, 3.63) is 0 Å². The van der Waals surface area contributed by atoms with Crippen LogP contribution in [0.5, 0.6) is 0 Å². The molecule has 7 heteroatoms. The zero-order chi connectivity index (χ0) is 17.2. The zero-order valence-corrected chi connectivity index (χ0v) is 13.8. The van der Waals surface area contributed by atoms with E-state index in [1.165, 1.54) is 13.8 Å². The van der Waals surface area contributed by atoms with Crippen molar-refractivity contribution in [3.8, 4) is 0 Å². The van der Waals surface area contributed by atoms with Crippen molar-refractivity contribution in [2.75, 3.05) is 26.2 Å². The molecule has 130 valence electrons. The Balaban J connectivity index is 2.20. The summed E-state index contributed by atoms with van der Waals surface area (Å²) in [7, 11) is 0. The number of ketones is 2. The Morgan fingerprint density at radius 2 is 1.70 bits per heavy atom. The molecule has 0 spiro atoms. The average molecular weight is 327 g/mol. The number of nitrogens with zero attached hydrogens (tertiary/aromatic N) is 1. The van der Waals surface area contributed by atoms with Gasteiger partial charge in [-0.2, -0.15) is 0 Å². The first-order valence-corrected chi connectivity index (χ1v) is 7.93. The summed E-state index contributed by atoms with van der Waals surface area (Å²) < 4.78 is 10.3. The van der Waals surface area contributed by atoms with E-state index in [0.29, 0.717) is 13.0 Å². The fourth-order valence-electron chi connectivity index (χ4n) is 2.47. The predicted molar refractivity (Wildman–Crippen MR) is 81.7 cm³/mol. The van der Waals surface area contributed by atoms with E-state index in [4.69, 9.17) is 9.47 Å². The maximum Gasteiger partial charge on any atom is 0.313 e. The van der Waals surface area contributed by atoms with Gasteiger partial charge in [-0.15, -0.1) is 0 Å². The van der Waals surface area contributed by atoms with Gasteiger partial charge in [-0.05, 0) is 39.7 Å². The molecule has 0 saturated carbocycles. The molecule has 1 heterocycles. The molecule has 0 amide bonds. The van der Waals surface area contributed by atoms with Gasteiger partial charge >= 0.3 is 11.9 Å². The normalized spacial score (nSPS) is 18.3. The van der Waals surface area contributed by atoms with Crippen LogP contribution in [0.25, 0.3) is 0 Å². The molecule has 0 aromatic carbocycles. The van der Waals surface area contributed by atoms with Gasteiger partial charge in [0.05, 0.1) is 6.61 Å². The standard InChI is InChI=1S/C16H25NO6/c1-12(18)9-15(20)22-8-4-7-17-6-3-5-14(11-17)23-16(21)10-13(2)19/h14H,3-11H2,1-2H3. The molecule has 1 fully saturated rings. The number of hydrogen-bond acceptors (Lipinski definition) is 7. The Kier molecular flexibility index (Phi) is 8.47. The molecular weight excluding hydrogens is 302 g/mol. The van der Waals surface area contributed by atoms with Crippen molar-refractivity contribution in [3.63, 3.8) is 0 Å². The van der Waals surface area contributed by atoms with E-state index in [-0.39, 0.29) is 37.1 Å². The van der Waals surface area contributed by atoms with Crippen LogP contribution in [-0.4, -0.2) is 60.8 Å². The average Bonchev–Trinajstić information content (AvgIpc) is 2.42. The molecule has 1 atom stereocenters. The number of ether oxygens (including phenoxy) is 2. The van der Waals surface area contributed by atoms with Crippen molar-refractivity contribution in [2.45, 2.75) is 52.1 Å². The number of rotatable bonds is 9. The van der Waals surface area contributed by atoms with Crippen LogP contribution in [0.4, 0.5) is 0 Å². The van der Waals surface area contributed by atoms with Gasteiger partial charge in [0, 0.05) is 13.1 Å². The van der Waals surface area contributed by atoms with Gasteiger partial charge in [-0.25, -0.2) is 0 Å². The second-order valence-electron chi connectivity index (χ2n) is 5.89. The van der Waals surface area contributed by atoms with Crippen molar-refractivity contribution in [2.24, 2.45) is 0 Å². The van der Waals surface area contributed by atoms with Gasteiger partial charge in [-0.3, -0.25) is 24.1 Å². The lowest BCUT2D eigenvalue weighted by molar-refractivity contribution is -0.153. The van der Waals surface area contributed by atoms with E-state index in [1.54, 1.807) is 0 Å². The molecule has 0 N–H and O–H groups in total. The molecule has 0 bridgehead atoms. The summed E-state index contributed by atoms with van der Waals surface area (Å²) in [5.74, 6) is -1.37. The van der Waals surface area contributed by atoms with Crippen LogP contribution in [0.3, 0.4) is 0 Å². The lowest BCUT2D eigenvalue weighted by atomic mass is 10.1. The summed E-state index contributed by atoms with van der Waals surface area (Å²) in [5, 5.41) is 0. The number of carbonyl (C=O) groups is 4. The molecule has 1 rings (SSSR count). The van der Waals surface area contributed by atoms with Crippen molar-refractivity contribution in [1.82, 2.24) is 4.90 Å². The summed E-state index contributed by atoms with van der Waals surface area (Å²) in [6.07, 6.45) is 1.84. The van der Waals surface area contributed by atoms with E-state index in [0.717, 1.165) is 25.9 Å². The summed E-state index contributed by atoms with van der Waals surface area (Å²) in [4.78, 5) is 46.5. The minimum Gasteiger partial charge on any atom is -0.465 e. The van der Waals surface area contributed by atoms with Gasteiger partial charge in [0.15, 0.2) is 0 Å². The van der Waals surface area contributed by atoms with Gasteiger partial charge in [0.1, 0.15) is 30.5 Å². The van der Waals surface area contributed by atoms with Crippen LogP contribution in [0.1, 0.15) is 46.0 Å². The third-order valence-electron chi connectivity index (χ3n) is 3.43. The highest BCUT2D eigenvalue weighted by Gasteiger charge is 2.23. The maximum atomic E-state index is 11.5. The minimum absolute atomic E-state index is 0.178. The number of carbonyl (C=O) groups excluding carboxylic acids is 4. The fourth-order valence-corrected chi connectivity index (χ4v) is 2.47. The van der Waals surface area contributed by atoms with Gasteiger partial charge in [-0.1, -0.05) is 0 Å². The van der Waals surface area contributed by atoms with Gasteiger partial charge in [0.25, 0.3) is 0 Å². The monoisotopic (exact) mass is 327 g/mol. The highest BCUT2D eigenvalue weighted by Crippen LogP contribution is 2.14. The number of piperidine rings is 1. The van der Waals surface area contributed by atoms with Gasteiger partial charge in [0.2, 0.25) is 0 Å². The van der Waals surface area contributed by atoms with E-state index in [2.05, 4.69) is 4.90 Å². The lowest BCUT2D eigenvalue weighted by Gasteiger charge is -2.32. The second-order valence-corrected chi connectivity index (χ2v) is 5.89. The highest BCUT2D eigenvalue weighted by molar-refractivity contribution is 5.94. The Morgan fingerprint density at radius 3 is 2.35 bits per heavy atom. The Hall–Kier alpha value is -1.76. The number of hydrogen-bond donors (Lipinski definition) is 0. The smallest absolute Gasteiger partial charge is 0.313 e. The predicted octanol–water partition coefficient (Wildman–Crippen LogP) is 0.885. The molecule has 1 aliphatic heterocycles. The van der Waals surface area contributed by atoms with Crippen molar-refractivity contribution in [1.29, 1.82) is 0 Å². The molecule has 1 unspecified atom stereocenters. The topological polar surface area (TPSA) is 90.0 Å². The summed E-state index contributed by atoms with van der Waals surface area (Å²) in [6.45, 7) is 5.25. The molecule has 1 saturated heterocycles. The molecule has 7 nitrogen and oxygen atoms in total. The van der Waals surface area contributed by atoms with Crippen LogP contribution in [-0.2, 0) is 28.7 Å². The first-order chi connectivity index (χ1) is 10.9. The molecule has 1 aliphatic rings. The van der Waals surface area contributed by atoms with Crippen molar-refractivity contribution < 1.29 is 28.7 Å². The van der Waals surface area contributed by atoms with Crippen LogP contribution in [0.2, 0.25) is 0 Å². The van der Waals surface area contributed by atoms with E-state index >= 15 is 0 Å². The second kappa shape index (κ2) is 10.1. The largest absolute Gasteiger partial charge is 0.465 e. The number of likely N-dealkylation sites (tertiary alicyclic amines) is 1. The first kappa shape index (κ1) is 19.3. The first-order valence-electron chi connectivity index (χ1n) is 7.93. The Bertz CT molecular complexity index is 448.